The highest BCUT2D eigenvalue weighted by Gasteiger charge is 2.30. The van der Waals surface area contributed by atoms with Gasteiger partial charge in [0, 0.05) is 22.6 Å². The minimum absolute atomic E-state index is 0.248. The second-order valence-corrected chi connectivity index (χ2v) is 5.17. The summed E-state index contributed by atoms with van der Waals surface area (Å²) in [7, 11) is 1.63. The Morgan fingerprint density at radius 2 is 2.15 bits per heavy atom. The van der Waals surface area contributed by atoms with E-state index in [4.69, 9.17) is 9.47 Å². The van der Waals surface area contributed by atoms with Crippen LogP contribution in [-0.2, 0) is 4.74 Å². The average Bonchev–Trinajstić information content (AvgIpc) is 3.21. The average molecular weight is 273 g/mol. The van der Waals surface area contributed by atoms with Gasteiger partial charge in [-0.2, -0.15) is 0 Å². The Hall–Kier alpha value is -1.97. The van der Waals surface area contributed by atoms with E-state index >= 15 is 0 Å². The molecule has 1 aliphatic rings. The van der Waals surface area contributed by atoms with Crippen molar-refractivity contribution in [3.05, 3.63) is 29.5 Å². The number of esters is 1. The standard InChI is InChI=1S/C16H19NO3/c1-4-20-16(18)15-10(2)17(11-5-6-11)14-8-7-12(19-3)9-13(14)15/h7-9,11H,4-6H2,1-3H3. The number of carbonyl (C=O) groups is 1. The van der Waals surface area contributed by atoms with Gasteiger partial charge in [-0.3, -0.25) is 0 Å². The van der Waals surface area contributed by atoms with Crippen LogP contribution in [0.15, 0.2) is 18.2 Å². The summed E-state index contributed by atoms with van der Waals surface area (Å²) >= 11 is 0. The van der Waals surface area contributed by atoms with Gasteiger partial charge in [0.15, 0.2) is 0 Å². The molecule has 1 aromatic carbocycles. The summed E-state index contributed by atoms with van der Waals surface area (Å²) in [5.74, 6) is 0.513. The summed E-state index contributed by atoms with van der Waals surface area (Å²) in [6.07, 6.45) is 2.36. The monoisotopic (exact) mass is 273 g/mol. The van der Waals surface area contributed by atoms with Crippen molar-refractivity contribution in [2.45, 2.75) is 32.7 Å². The van der Waals surface area contributed by atoms with Crippen LogP contribution in [0.3, 0.4) is 0 Å². The van der Waals surface area contributed by atoms with Crippen molar-refractivity contribution in [1.82, 2.24) is 4.57 Å². The topological polar surface area (TPSA) is 40.5 Å². The van der Waals surface area contributed by atoms with Crippen LogP contribution in [0.25, 0.3) is 10.9 Å². The van der Waals surface area contributed by atoms with E-state index < -0.39 is 0 Å². The summed E-state index contributed by atoms with van der Waals surface area (Å²) in [5.41, 5.74) is 2.76. The maximum absolute atomic E-state index is 12.3. The Labute approximate surface area is 118 Å². The molecule has 0 saturated heterocycles. The number of aromatic nitrogens is 1. The van der Waals surface area contributed by atoms with E-state index in [1.54, 1.807) is 7.11 Å². The van der Waals surface area contributed by atoms with Gasteiger partial charge in [-0.05, 0) is 44.9 Å². The van der Waals surface area contributed by atoms with Crippen LogP contribution < -0.4 is 4.74 Å². The van der Waals surface area contributed by atoms with E-state index in [-0.39, 0.29) is 5.97 Å². The zero-order valence-corrected chi connectivity index (χ0v) is 12.1. The molecule has 0 N–H and O–H groups in total. The van der Waals surface area contributed by atoms with Crippen molar-refractivity contribution in [3.63, 3.8) is 0 Å². The largest absolute Gasteiger partial charge is 0.497 e. The lowest BCUT2D eigenvalue weighted by Crippen LogP contribution is -2.07. The van der Waals surface area contributed by atoms with Crippen LogP contribution in [0.4, 0.5) is 0 Å². The molecule has 4 nitrogen and oxygen atoms in total. The highest BCUT2D eigenvalue weighted by atomic mass is 16.5. The molecule has 0 unspecified atom stereocenters. The van der Waals surface area contributed by atoms with E-state index in [0.29, 0.717) is 18.2 Å². The Balaban J connectivity index is 2.24. The summed E-state index contributed by atoms with van der Waals surface area (Å²) < 4.78 is 12.8. The first-order valence-corrected chi connectivity index (χ1v) is 7.03. The molecule has 3 rings (SSSR count). The van der Waals surface area contributed by atoms with Crippen LogP contribution >= 0.6 is 0 Å². The Bertz CT molecular complexity index is 668. The van der Waals surface area contributed by atoms with E-state index in [0.717, 1.165) is 22.3 Å². The fourth-order valence-corrected chi connectivity index (χ4v) is 2.81. The van der Waals surface area contributed by atoms with Crippen molar-refractivity contribution in [1.29, 1.82) is 0 Å². The Morgan fingerprint density at radius 1 is 1.40 bits per heavy atom. The predicted molar refractivity (Wildman–Crippen MR) is 77.5 cm³/mol. The van der Waals surface area contributed by atoms with Crippen molar-refractivity contribution < 1.29 is 14.3 Å². The van der Waals surface area contributed by atoms with Gasteiger partial charge in [0.05, 0.1) is 19.3 Å². The summed E-state index contributed by atoms with van der Waals surface area (Å²) in [4.78, 5) is 12.3. The van der Waals surface area contributed by atoms with E-state index in [9.17, 15) is 4.79 Å². The SMILES string of the molecule is CCOC(=O)c1c(C)n(C2CC2)c2ccc(OC)cc12. The maximum atomic E-state index is 12.3. The van der Waals surface area contributed by atoms with Gasteiger partial charge in [-0.25, -0.2) is 4.79 Å². The van der Waals surface area contributed by atoms with Gasteiger partial charge >= 0.3 is 5.97 Å². The van der Waals surface area contributed by atoms with Crippen LogP contribution in [-0.4, -0.2) is 24.3 Å². The molecule has 1 heterocycles. The van der Waals surface area contributed by atoms with Crippen LogP contribution in [0.5, 0.6) is 5.75 Å². The zero-order chi connectivity index (χ0) is 14.3. The lowest BCUT2D eigenvalue weighted by Gasteiger charge is -2.06. The molecule has 2 aromatic rings. The van der Waals surface area contributed by atoms with Gasteiger partial charge in [0.25, 0.3) is 0 Å². The smallest absolute Gasteiger partial charge is 0.340 e. The summed E-state index contributed by atoms with van der Waals surface area (Å²) in [6, 6.07) is 6.42. The number of hydrogen-bond donors (Lipinski definition) is 0. The molecule has 0 aliphatic heterocycles. The summed E-state index contributed by atoms with van der Waals surface area (Å²) in [6.45, 7) is 4.21. The van der Waals surface area contributed by atoms with Crippen molar-refractivity contribution in [2.75, 3.05) is 13.7 Å². The Morgan fingerprint density at radius 3 is 2.75 bits per heavy atom. The second-order valence-electron chi connectivity index (χ2n) is 5.17. The first-order chi connectivity index (χ1) is 9.67. The van der Waals surface area contributed by atoms with Crippen molar-refractivity contribution >= 4 is 16.9 Å². The molecule has 1 aromatic heterocycles. The molecule has 4 heteroatoms. The number of methoxy groups -OCH3 is 1. The van der Waals surface area contributed by atoms with Gasteiger partial charge in [0.1, 0.15) is 5.75 Å². The number of fused-ring (bicyclic) bond motifs is 1. The predicted octanol–water partition coefficient (Wildman–Crippen LogP) is 3.47. The second kappa shape index (κ2) is 4.85. The number of ether oxygens (including phenoxy) is 2. The molecule has 1 fully saturated rings. The number of nitrogens with zero attached hydrogens (tertiary/aromatic N) is 1. The third-order valence-electron chi connectivity index (χ3n) is 3.85. The van der Waals surface area contributed by atoms with Gasteiger partial charge in [-0.15, -0.1) is 0 Å². The highest BCUT2D eigenvalue weighted by molar-refractivity contribution is 6.06. The Kier molecular flexibility index (Phi) is 3.16. The van der Waals surface area contributed by atoms with Crippen LogP contribution in [0.2, 0.25) is 0 Å². The van der Waals surface area contributed by atoms with Gasteiger partial charge in [0.2, 0.25) is 0 Å². The van der Waals surface area contributed by atoms with E-state index in [2.05, 4.69) is 4.57 Å². The number of hydrogen-bond acceptors (Lipinski definition) is 3. The van der Waals surface area contributed by atoms with Gasteiger partial charge < -0.3 is 14.0 Å². The number of benzene rings is 1. The molecular weight excluding hydrogens is 254 g/mol. The first kappa shape index (κ1) is 13.0. The van der Waals surface area contributed by atoms with Crippen molar-refractivity contribution in [3.8, 4) is 5.75 Å². The molecule has 0 amide bonds. The lowest BCUT2D eigenvalue weighted by molar-refractivity contribution is 0.0527. The maximum Gasteiger partial charge on any atom is 0.340 e. The lowest BCUT2D eigenvalue weighted by atomic mass is 10.1. The van der Waals surface area contributed by atoms with Gasteiger partial charge in [-0.1, -0.05) is 0 Å². The molecule has 106 valence electrons. The van der Waals surface area contributed by atoms with E-state index in [1.165, 1.54) is 12.8 Å². The fourth-order valence-electron chi connectivity index (χ4n) is 2.81. The minimum atomic E-state index is -0.248. The quantitative estimate of drug-likeness (QED) is 0.801. The molecule has 0 atom stereocenters. The molecular formula is C16H19NO3. The molecule has 0 bridgehead atoms. The third kappa shape index (κ3) is 1.96. The summed E-state index contributed by atoms with van der Waals surface area (Å²) in [5, 5.41) is 0.923. The molecule has 0 radical (unpaired) electrons. The number of carbonyl (C=O) groups excluding carboxylic acids is 1. The minimum Gasteiger partial charge on any atom is -0.497 e. The van der Waals surface area contributed by atoms with Crippen LogP contribution in [0, 0.1) is 6.92 Å². The normalized spacial score (nSPS) is 14.6. The molecule has 0 spiro atoms. The van der Waals surface area contributed by atoms with Crippen LogP contribution in [0.1, 0.15) is 41.9 Å². The molecule has 1 saturated carbocycles. The number of rotatable bonds is 4. The fraction of sp³-hybridized carbons (Fsp3) is 0.438. The zero-order valence-electron chi connectivity index (χ0n) is 12.1. The molecule has 1 aliphatic carbocycles. The van der Waals surface area contributed by atoms with E-state index in [1.807, 2.05) is 32.0 Å². The first-order valence-electron chi connectivity index (χ1n) is 7.03. The highest BCUT2D eigenvalue weighted by Crippen LogP contribution is 2.42. The van der Waals surface area contributed by atoms with Crippen molar-refractivity contribution in [2.24, 2.45) is 0 Å². The molecule has 20 heavy (non-hydrogen) atoms. The third-order valence-corrected chi connectivity index (χ3v) is 3.85.